The second-order valence-corrected chi connectivity index (χ2v) is 8.07. The van der Waals surface area contributed by atoms with Crippen molar-refractivity contribution in [2.45, 2.75) is 11.3 Å². The van der Waals surface area contributed by atoms with E-state index in [1.54, 1.807) is 5.38 Å². The number of nitrogens with one attached hydrogen (secondary N) is 1. The molecule has 3 aromatic rings. The Labute approximate surface area is 174 Å². The number of nitrogens with zero attached hydrogens (tertiary/aromatic N) is 1. The van der Waals surface area contributed by atoms with Crippen LogP contribution in [0.15, 0.2) is 46.7 Å². The van der Waals surface area contributed by atoms with Gasteiger partial charge in [-0.15, -0.1) is 23.1 Å². The summed E-state index contributed by atoms with van der Waals surface area (Å²) in [5.41, 5.74) is 0.918. The molecular weight excluding hydrogens is 418 g/mol. The van der Waals surface area contributed by atoms with E-state index in [4.69, 9.17) is 9.47 Å². The number of thiazole rings is 1. The van der Waals surface area contributed by atoms with E-state index in [0.717, 1.165) is 23.4 Å². The predicted octanol–water partition coefficient (Wildman–Crippen LogP) is 4.98. The fourth-order valence-electron chi connectivity index (χ4n) is 2.66. The summed E-state index contributed by atoms with van der Waals surface area (Å²) in [6.45, 7) is 1.23. The maximum absolute atomic E-state index is 13.4. The van der Waals surface area contributed by atoms with Gasteiger partial charge < -0.3 is 14.8 Å². The van der Waals surface area contributed by atoms with Gasteiger partial charge in [0.15, 0.2) is 28.3 Å². The van der Waals surface area contributed by atoms with E-state index in [2.05, 4.69) is 10.3 Å². The van der Waals surface area contributed by atoms with E-state index < -0.39 is 11.6 Å². The first-order valence-electron chi connectivity index (χ1n) is 8.82. The molecule has 0 radical (unpaired) electrons. The lowest BCUT2D eigenvalue weighted by Gasteiger charge is -2.09. The Bertz CT molecular complexity index is 1040. The molecule has 0 atom stereocenters. The number of rotatable bonds is 5. The van der Waals surface area contributed by atoms with Crippen LogP contribution in [0.5, 0.6) is 11.5 Å². The molecule has 4 rings (SSSR count). The number of aromatic nitrogens is 1. The molecule has 0 saturated carbocycles. The van der Waals surface area contributed by atoms with E-state index in [0.29, 0.717) is 41.1 Å². The van der Waals surface area contributed by atoms with Gasteiger partial charge in [-0.3, -0.25) is 4.79 Å². The Kier molecular flexibility index (Phi) is 5.96. The second kappa shape index (κ2) is 8.79. The molecule has 0 unspecified atom stereocenters. The number of benzene rings is 2. The van der Waals surface area contributed by atoms with Crippen molar-refractivity contribution in [1.82, 2.24) is 4.98 Å². The molecule has 1 N–H and O–H groups in total. The fraction of sp³-hybridized carbons (Fsp3) is 0.200. The Morgan fingerprint density at radius 1 is 1.10 bits per heavy atom. The summed E-state index contributed by atoms with van der Waals surface area (Å²) in [5, 5.41) is 4.80. The zero-order valence-corrected chi connectivity index (χ0v) is 16.7. The molecule has 0 saturated heterocycles. The van der Waals surface area contributed by atoms with Gasteiger partial charge in [0, 0.05) is 22.3 Å². The minimum atomic E-state index is -0.937. The molecule has 5 nitrogen and oxygen atoms in total. The number of hydrogen-bond acceptors (Lipinski definition) is 6. The van der Waals surface area contributed by atoms with Gasteiger partial charge in [0.05, 0.1) is 24.7 Å². The van der Waals surface area contributed by atoms with Crippen molar-refractivity contribution in [2.75, 3.05) is 24.3 Å². The number of fused-ring (bicyclic) bond motifs is 1. The van der Waals surface area contributed by atoms with Crippen LogP contribution in [0.4, 0.5) is 13.9 Å². The van der Waals surface area contributed by atoms with Crippen molar-refractivity contribution >= 4 is 34.1 Å². The third-order valence-corrected chi connectivity index (χ3v) is 5.81. The van der Waals surface area contributed by atoms with Gasteiger partial charge >= 0.3 is 0 Å². The zero-order chi connectivity index (χ0) is 20.2. The summed E-state index contributed by atoms with van der Waals surface area (Å²) < 4.78 is 37.7. The Morgan fingerprint density at radius 3 is 2.76 bits per heavy atom. The first kappa shape index (κ1) is 19.7. The quantitative estimate of drug-likeness (QED) is 0.574. The van der Waals surface area contributed by atoms with E-state index in [1.165, 1.54) is 29.2 Å². The summed E-state index contributed by atoms with van der Waals surface area (Å²) in [6, 6.07) is 9.16. The molecule has 0 aliphatic carbocycles. The minimum absolute atomic E-state index is 0.194. The molecule has 2 aromatic carbocycles. The van der Waals surface area contributed by atoms with Gasteiger partial charge in [-0.1, -0.05) is 0 Å². The summed E-state index contributed by atoms with van der Waals surface area (Å²) in [7, 11) is 0. The zero-order valence-electron chi connectivity index (χ0n) is 15.1. The van der Waals surface area contributed by atoms with Crippen LogP contribution in [0.2, 0.25) is 0 Å². The minimum Gasteiger partial charge on any atom is -0.490 e. The monoisotopic (exact) mass is 434 g/mol. The number of carbonyl (C=O) groups is 1. The topological polar surface area (TPSA) is 60.5 Å². The number of thioether (sulfide) groups is 1. The average Bonchev–Trinajstić information content (AvgIpc) is 3.04. The predicted molar refractivity (Wildman–Crippen MR) is 109 cm³/mol. The molecule has 1 aromatic heterocycles. The van der Waals surface area contributed by atoms with Gasteiger partial charge in [-0.05, 0) is 36.4 Å². The summed E-state index contributed by atoms with van der Waals surface area (Å²) in [5.74, 6) is -0.474. The highest BCUT2D eigenvalue weighted by Gasteiger charge is 2.13. The van der Waals surface area contributed by atoms with Crippen LogP contribution in [-0.2, 0) is 4.79 Å². The van der Waals surface area contributed by atoms with E-state index in [9.17, 15) is 13.6 Å². The number of halogens is 2. The molecule has 0 fully saturated rings. The van der Waals surface area contributed by atoms with Crippen molar-refractivity contribution in [3.05, 3.63) is 53.4 Å². The van der Waals surface area contributed by atoms with Gasteiger partial charge in [-0.25, -0.2) is 13.8 Å². The number of carbonyl (C=O) groups excluding carboxylic acids is 1. The van der Waals surface area contributed by atoms with Crippen molar-refractivity contribution in [1.29, 1.82) is 0 Å². The van der Waals surface area contributed by atoms with E-state index in [-0.39, 0.29) is 11.7 Å². The Balaban J connectivity index is 1.35. The lowest BCUT2D eigenvalue weighted by atomic mass is 10.2. The normalized spacial score (nSPS) is 13.0. The van der Waals surface area contributed by atoms with Gasteiger partial charge in [0.25, 0.3) is 0 Å². The van der Waals surface area contributed by atoms with Gasteiger partial charge in [0.2, 0.25) is 5.91 Å². The van der Waals surface area contributed by atoms with Crippen LogP contribution in [0, 0.1) is 11.6 Å². The van der Waals surface area contributed by atoms with E-state index in [1.807, 2.05) is 18.2 Å². The van der Waals surface area contributed by atoms with Crippen LogP contribution in [0.1, 0.15) is 6.42 Å². The van der Waals surface area contributed by atoms with Crippen LogP contribution in [-0.4, -0.2) is 29.9 Å². The molecule has 1 aliphatic rings. The van der Waals surface area contributed by atoms with Gasteiger partial charge in [-0.2, -0.15) is 0 Å². The molecule has 1 amide bonds. The smallest absolute Gasteiger partial charge is 0.236 e. The molecule has 0 bridgehead atoms. The maximum atomic E-state index is 13.4. The summed E-state index contributed by atoms with van der Waals surface area (Å²) in [4.78, 5) is 17.4. The standard InChI is InChI=1S/C20H16F2N2O3S2/c21-14-4-2-12(8-15(14)22)16-10-29-20(23-16)24-19(25)11-28-13-3-5-17-18(9-13)27-7-1-6-26-17/h2-5,8-10H,1,6-7,11H2,(H,23,24,25). The van der Waals surface area contributed by atoms with E-state index >= 15 is 0 Å². The fourth-order valence-corrected chi connectivity index (χ4v) is 4.12. The molecular formula is C20H16F2N2O3S2. The average molecular weight is 434 g/mol. The Hall–Kier alpha value is -2.65. The first-order valence-corrected chi connectivity index (χ1v) is 10.7. The molecule has 9 heteroatoms. The molecule has 0 spiro atoms. The van der Waals surface area contributed by atoms with Crippen LogP contribution < -0.4 is 14.8 Å². The lowest BCUT2D eigenvalue weighted by molar-refractivity contribution is -0.113. The van der Waals surface area contributed by atoms with Crippen molar-refractivity contribution in [2.24, 2.45) is 0 Å². The summed E-state index contributed by atoms with van der Waals surface area (Å²) in [6.07, 6.45) is 0.833. The second-order valence-electron chi connectivity index (χ2n) is 6.16. The van der Waals surface area contributed by atoms with Crippen LogP contribution >= 0.6 is 23.1 Å². The highest BCUT2D eigenvalue weighted by atomic mass is 32.2. The summed E-state index contributed by atoms with van der Waals surface area (Å²) >= 11 is 2.59. The highest BCUT2D eigenvalue weighted by Crippen LogP contribution is 2.34. The molecule has 150 valence electrons. The molecule has 1 aliphatic heterocycles. The number of anilines is 1. The first-order chi connectivity index (χ1) is 14.1. The van der Waals surface area contributed by atoms with Crippen molar-refractivity contribution in [3.63, 3.8) is 0 Å². The maximum Gasteiger partial charge on any atom is 0.236 e. The molecule has 2 heterocycles. The van der Waals surface area contributed by atoms with Crippen molar-refractivity contribution in [3.8, 4) is 22.8 Å². The largest absolute Gasteiger partial charge is 0.490 e. The number of hydrogen-bond donors (Lipinski definition) is 1. The lowest BCUT2D eigenvalue weighted by Crippen LogP contribution is -2.13. The number of ether oxygens (including phenoxy) is 2. The Morgan fingerprint density at radius 2 is 1.93 bits per heavy atom. The van der Waals surface area contributed by atoms with Crippen molar-refractivity contribution < 1.29 is 23.0 Å². The van der Waals surface area contributed by atoms with Crippen LogP contribution in [0.25, 0.3) is 11.3 Å². The molecule has 29 heavy (non-hydrogen) atoms. The SMILES string of the molecule is O=C(CSc1ccc2c(c1)OCCCO2)Nc1nc(-c2ccc(F)c(F)c2)cs1. The van der Waals surface area contributed by atoms with Crippen LogP contribution in [0.3, 0.4) is 0 Å². The van der Waals surface area contributed by atoms with Gasteiger partial charge in [0.1, 0.15) is 0 Å². The third-order valence-electron chi connectivity index (χ3n) is 4.05. The third kappa shape index (κ3) is 4.86. The number of amides is 1. The highest BCUT2D eigenvalue weighted by molar-refractivity contribution is 8.00.